The monoisotopic (exact) mass is 463 g/mol. The average molecular weight is 463 g/mol. The molecule has 1 aromatic heterocycles. The Kier molecular flexibility index (Phi) is 6.31. The number of hydrogen-bond acceptors (Lipinski definition) is 5. The Morgan fingerprint density at radius 2 is 1.88 bits per heavy atom. The normalized spacial score (nSPS) is 14.6. The lowest BCUT2D eigenvalue weighted by Gasteiger charge is -2.12. The molecule has 1 heterocycles. The highest BCUT2D eigenvalue weighted by molar-refractivity contribution is 7.87. The van der Waals surface area contributed by atoms with Crippen molar-refractivity contribution < 1.29 is 26.9 Å². The van der Waals surface area contributed by atoms with E-state index in [2.05, 4.69) is 14.9 Å². The Hall–Kier alpha value is -3.14. The molecule has 3 aromatic rings. The van der Waals surface area contributed by atoms with Crippen molar-refractivity contribution in [2.24, 2.45) is 0 Å². The van der Waals surface area contributed by atoms with Crippen LogP contribution in [-0.2, 0) is 23.8 Å². The lowest BCUT2D eigenvalue weighted by atomic mass is 10.1. The van der Waals surface area contributed by atoms with Crippen LogP contribution in [0.2, 0.25) is 0 Å². The summed E-state index contributed by atoms with van der Waals surface area (Å²) in [4.78, 5) is 0. The number of methoxy groups -OCH3 is 1. The van der Waals surface area contributed by atoms with E-state index in [9.17, 15) is 17.4 Å². The SMILES string of the molecule is COc1nnc(-c2cccc(OCc3cccc(C(F)(F)F)c3)c2)cc1NS(=O)C1CC1. The van der Waals surface area contributed by atoms with E-state index in [0.29, 0.717) is 28.3 Å². The fourth-order valence-corrected chi connectivity index (χ4v) is 4.06. The Bertz CT molecular complexity index is 1140. The van der Waals surface area contributed by atoms with Crippen LogP contribution in [0.1, 0.15) is 24.0 Å². The third kappa shape index (κ3) is 5.37. The van der Waals surface area contributed by atoms with Crippen LogP contribution in [0.4, 0.5) is 18.9 Å². The molecule has 168 valence electrons. The maximum Gasteiger partial charge on any atom is 0.416 e. The zero-order valence-electron chi connectivity index (χ0n) is 17.1. The number of rotatable bonds is 8. The molecule has 1 unspecified atom stereocenters. The van der Waals surface area contributed by atoms with Gasteiger partial charge >= 0.3 is 6.18 Å². The summed E-state index contributed by atoms with van der Waals surface area (Å²) < 4.78 is 64.8. The summed E-state index contributed by atoms with van der Waals surface area (Å²) in [6.45, 7) is -0.0190. The van der Waals surface area contributed by atoms with Crippen molar-refractivity contribution in [2.75, 3.05) is 11.8 Å². The summed E-state index contributed by atoms with van der Waals surface area (Å²) in [7, 11) is 0.228. The second kappa shape index (κ2) is 9.15. The van der Waals surface area contributed by atoms with E-state index in [0.717, 1.165) is 25.0 Å². The molecular formula is C22H20F3N3O3S. The number of nitrogens with zero attached hydrogens (tertiary/aromatic N) is 2. The van der Waals surface area contributed by atoms with Crippen LogP contribution in [0.3, 0.4) is 0 Å². The summed E-state index contributed by atoms with van der Waals surface area (Å²) >= 11 is 0. The molecule has 0 spiro atoms. The molecule has 4 rings (SSSR count). The van der Waals surface area contributed by atoms with Crippen molar-refractivity contribution in [3.8, 4) is 22.9 Å². The molecule has 10 heteroatoms. The Balaban J connectivity index is 1.51. The van der Waals surface area contributed by atoms with E-state index in [4.69, 9.17) is 9.47 Å². The smallest absolute Gasteiger partial charge is 0.416 e. The van der Waals surface area contributed by atoms with Crippen LogP contribution < -0.4 is 14.2 Å². The van der Waals surface area contributed by atoms with Crippen LogP contribution in [0.15, 0.2) is 54.6 Å². The van der Waals surface area contributed by atoms with Gasteiger partial charge in [0, 0.05) is 5.56 Å². The largest absolute Gasteiger partial charge is 0.489 e. The van der Waals surface area contributed by atoms with Gasteiger partial charge in [-0.05, 0) is 48.7 Å². The van der Waals surface area contributed by atoms with Crippen molar-refractivity contribution >= 4 is 16.7 Å². The Morgan fingerprint density at radius 1 is 1.09 bits per heavy atom. The first-order chi connectivity index (χ1) is 15.3. The minimum Gasteiger partial charge on any atom is -0.489 e. The van der Waals surface area contributed by atoms with Crippen molar-refractivity contribution in [3.63, 3.8) is 0 Å². The van der Waals surface area contributed by atoms with Crippen LogP contribution in [0.5, 0.6) is 11.6 Å². The number of benzene rings is 2. The van der Waals surface area contributed by atoms with Crippen molar-refractivity contribution in [1.29, 1.82) is 0 Å². The minimum absolute atomic E-state index is 0.0190. The molecule has 0 radical (unpaired) electrons. The van der Waals surface area contributed by atoms with Gasteiger partial charge in [0.05, 0.1) is 23.6 Å². The third-order valence-corrected chi connectivity index (χ3v) is 6.28. The van der Waals surface area contributed by atoms with E-state index in [1.54, 1.807) is 36.4 Å². The summed E-state index contributed by atoms with van der Waals surface area (Å²) in [6.07, 6.45) is -2.57. The summed E-state index contributed by atoms with van der Waals surface area (Å²) in [6, 6.07) is 13.7. The second-order valence-corrected chi connectivity index (χ2v) is 8.73. The van der Waals surface area contributed by atoms with Crippen molar-refractivity contribution in [1.82, 2.24) is 10.2 Å². The molecule has 1 aliphatic rings. The highest BCUT2D eigenvalue weighted by atomic mass is 32.2. The van der Waals surface area contributed by atoms with E-state index in [1.165, 1.54) is 13.2 Å². The summed E-state index contributed by atoms with van der Waals surface area (Å²) in [5, 5.41) is 8.33. The molecule has 0 bridgehead atoms. The molecule has 1 saturated carbocycles. The van der Waals surface area contributed by atoms with Crippen LogP contribution in [0, 0.1) is 0 Å². The van der Waals surface area contributed by atoms with Crippen LogP contribution >= 0.6 is 0 Å². The second-order valence-electron chi connectivity index (χ2n) is 7.27. The highest BCUT2D eigenvalue weighted by Crippen LogP contribution is 2.32. The number of alkyl halides is 3. The van der Waals surface area contributed by atoms with Gasteiger partial charge in [0.1, 0.15) is 29.0 Å². The first kappa shape index (κ1) is 22.1. The molecule has 32 heavy (non-hydrogen) atoms. The number of anilines is 1. The van der Waals surface area contributed by atoms with Gasteiger partial charge < -0.3 is 9.47 Å². The van der Waals surface area contributed by atoms with E-state index in [1.807, 2.05) is 0 Å². The predicted molar refractivity (Wildman–Crippen MR) is 115 cm³/mol. The van der Waals surface area contributed by atoms with Gasteiger partial charge in [-0.15, -0.1) is 10.2 Å². The number of halogens is 3. The lowest BCUT2D eigenvalue weighted by Crippen LogP contribution is -2.11. The van der Waals surface area contributed by atoms with Gasteiger partial charge in [0.15, 0.2) is 0 Å². The third-order valence-electron chi connectivity index (χ3n) is 4.78. The molecule has 0 amide bonds. The van der Waals surface area contributed by atoms with Gasteiger partial charge in [-0.1, -0.05) is 24.3 Å². The summed E-state index contributed by atoms with van der Waals surface area (Å²) in [5.74, 6) is 0.702. The molecule has 2 aromatic carbocycles. The quantitative estimate of drug-likeness (QED) is 0.510. The molecule has 1 N–H and O–H groups in total. The number of aromatic nitrogens is 2. The standard InChI is InChI=1S/C22H20F3N3O3S/c1-30-21-20(28-32(29)18-8-9-18)12-19(26-27-21)15-5-3-7-17(11-15)31-13-14-4-2-6-16(10-14)22(23,24)25/h2-7,10-12,18H,8-9,13H2,1H3,(H,26,28). The molecule has 6 nitrogen and oxygen atoms in total. The Labute approximate surface area is 185 Å². The molecular weight excluding hydrogens is 443 g/mol. The van der Waals surface area contributed by atoms with Gasteiger partial charge in [-0.25, -0.2) is 4.21 Å². The van der Waals surface area contributed by atoms with Crippen LogP contribution in [-0.4, -0.2) is 26.8 Å². The van der Waals surface area contributed by atoms with E-state index < -0.39 is 22.7 Å². The maximum atomic E-state index is 12.9. The number of hydrogen-bond donors (Lipinski definition) is 1. The van der Waals surface area contributed by atoms with E-state index in [-0.39, 0.29) is 17.7 Å². The van der Waals surface area contributed by atoms with Gasteiger partial charge in [-0.3, -0.25) is 4.72 Å². The van der Waals surface area contributed by atoms with Gasteiger partial charge in [0.2, 0.25) is 0 Å². The van der Waals surface area contributed by atoms with Crippen molar-refractivity contribution in [2.45, 2.75) is 30.9 Å². The highest BCUT2D eigenvalue weighted by Gasteiger charge is 2.30. The first-order valence-electron chi connectivity index (χ1n) is 9.82. The summed E-state index contributed by atoms with van der Waals surface area (Å²) in [5.41, 5.74) is 1.35. The van der Waals surface area contributed by atoms with Gasteiger partial charge in [0.25, 0.3) is 5.88 Å². The van der Waals surface area contributed by atoms with Crippen LogP contribution in [0.25, 0.3) is 11.3 Å². The van der Waals surface area contributed by atoms with Crippen molar-refractivity contribution in [3.05, 3.63) is 65.7 Å². The fourth-order valence-electron chi connectivity index (χ4n) is 2.97. The zero-order valence-corrected chi connectivity index (χ0v) is 17.9. The zero-order chi connectivity index (χ0) is 22.7. The minimum atomic E-state index is -4.40. The molecule has 0 aliphatic heterocycles. The molecule has 1 atom stereocenters. The number of nitrogens with one attached hydrogen (secondary N) is 1. The molecule has 0 saturated heterocycles. The van der Waals surface area contributed by atoms with Gasteiger partial charge in [-0.2, -0.15) is 13.2 Å². The first-order valence-corrected chi connectivity index (χ1v) is 11.0. The fraction of sp³-hybridized carbons (Fsp3) is 0.273. The Morgan fingerprint density at radius 3 is 2.59 bits per heavy atom. The topological polar surface area (TPSA) is 73.3 Å². The van der Waals surface area contributed by atoms with E-state index >= 15 is 0 Å². The average Bonchev–Trinajstić information content (AvgIpc) is 3.63. The number of ether oxygens (including phenoxy) is 2. The predicted octanol–water partition coefficient (Wildman–Crippen LogP) is 4.99. The molecule has 1 aliphatic carbocycles. The lowest BCUT2D eigenvalue weighted by molar-refractivity contribution is -0.137. The maximum absolute atomic E-state index is 12.9. The molecule has 1 fully saturated rings.